The molecule has 0 fully saturated rings. The van der Waals surface area contributed by atoms with Crippen LogP contribution in [0.4, 0.5) is 0 Å². The first-order valence-corrected chi connectivity index (χ1v) is 8.69. The molecule has 0 aliphatic rings. The third-order valence-corrected chi connectivity index (χ3v) is 4.63. The van der Waals surface area contributed by atoms with Crippen molar-refractivity contribution in [3.05, 3.63) is 101 Å². The highest BCUT2D eigenvalue weighted by Crippen LogP contribution is 2.24. The van der Waals surface area contributed by atoms with E-state index in [9.17, 15) is 9.90 Å². The molecule has 5 heteroatoms. The quantitative estimate of drug-likeness (QED) is 0.596. The Morgan fingerprint density at radius 3 is 2.44 bits per heavy atom. The van der Waals surface area contributed by atoms with Crippen LogP contribution in [0.15, 0.2) is 78.4 Å². The predicted molar refractivity (Wildman–Crippen MR) is 106 cm³/mol. The summed E-state index contributed by atoms with van der Waals surface area (Å²) in [7, 11) is 0. The fraction of sp³-hybridized carbons (Fsp3) is 0.0909. The fourth-order valence-corrected chi connectivity index (χ4v) is 3.21. The summed E-state index contributed by atoms with van der Waals surface area (Å²) in [6, 6.07) is 17.5. The van der Waals surface area contributed by atoms with E-state index in [0.717, 1.165) is 16.7 Å². The van der Waals surface area contributed by atoms with Crippen molar-refractivity contribution in [3.63, 3.8) is 0 Å². The molecular formula is C22H19N3O2. The van der Waals surface area contributed by atoms with E-state index in [-0.39, 0.29) is 12.2 Å². The molecule has 2 heterocycles. The van der Waals surface area contributed by atoms with Crippen LogP contribution in [-0.4, -0.2) is 19.3 Å². The Labute approximate surface area is 156 Å². The van der Waals surface area contributed by atoms with E-state index in [4.69, 9.17) is 0 Å². The maximum atomic E-state index is 13.1. The smallest absolute Gasteiger partial charge is 0.277 e. The van der Waals surface area contributed by atoms with Gasteiger partial charge < -0.3 is 9.67 Å². The molecule has 0 aliphatic heterocycles. The van der Waals surface area contributed by atoms with Gasteiger partial charge in [-0.3, -0.25) is 4.79 Å². The van der Waals surface area contributed by atoms with Gasteiger partial charge in [-0.15, -0.1) is 0 Å². The van der Waals surface area contributed by atoms with Gasteiger partial charge >= 0.3 is 0 Å². The molecule has 0 spiro atoms. The van der Waals surface area contributed by atoms with Gasteiger partial charge in [-0.05, 0) is 11.1 Å². The molecule has 0 amide bonds. The lowest BCUT2D eigenvalue weighted by atomic mass is 10.1. The maximum Gasteiger partial charge on any atom is 0.277 e. The highest BCUT2D eigenvalue weighted by molar-refractivity contribution is 5.72. The van der Waals surface area contributed by atoms with E-state index < -0.39 is 0 Å². The molecule has 4 aromatic rings. The predicted octanol–water partition coefficient (Wildman–Crippen LogP) is 3.35. The minimum atomic E-state index is -0.249. The number of hydrogen-bond donors (Lipinski definition) is 1. The number of hydrogen-bond acceptors (Lipinski definition) is 3. The topological polar surface area (TPSA) is 59.5 Å². The molecule has 0 saturated carbocycles. The second-order valence-electron chi connectivity index (χ2n) is 6.32. The second kappa shape index (κ2) is 7.05. The first-order chi connectivity index (χ1) is 13.2. The molecule has 2 aromatic heterocycles. The van der Waals surface area contributed by atoms with Crippen LogP contribution in [0.3, 0.4) is 0 Å². The lowest BCUT2D eigenvalue weighted by molar-refractivity contribution is 0.283. The summed E-state index contributed by atoms with van der Waals surface area (Å²) in [5.41, 5.74) is 4.32. The van der Waals surface area contributed by atoms with E-state index >= 15 is 0 Å². The fourth-order valence-electron chi connectivity index (χ4n) is 3.21. The van der Waals surface area contributed by atoms with Crippen LogP contribution in [0.25, 0.3) is 22.9 Å². The van der Waals surface area contributed by atoms with Gasteiger partial charge in [0.15, 0.2) is 0 Å². The summed E-state index contributed by atoms with van der Waals surface area (Å²) in [5, 5.41) is 14.4. The van der Waals surface area contributed by atoms with Crippen molar-refractivity contribution in [2.45, 2.75) is 13.2 Å². The van der Waals surface area contributed by atoms with Gasteiger partial charge in [-0.2, -0.15) is 5.10 Å². The van der Waals surface area contributed by atoms with Crippen molar-refractivity contribution >= 4 is 11.6 Å². The van der Waals surface area contributed by atoms with Gasteiger partial charge in [0, 0.05) is 23.5 Å². The molecule has 0 saturated heterocycles. The van der Waals surface area contributed by atoms with E-state index in [1.807, 2.05) is 54.6 Å². The minimum Gasteiger partial charge on any atom is -0.392 e. The minimum absolute atomic E-state index is 0.177. The molecule has 1 N–H and O–H groups in total. The molecule has 2 aromatic carbocycles. The van der Waals surface area contributed by atoms with Gasteiger partial charge in [-0.1, -0.05) is 67.3 Å². The first kappa shape index (κ1) is 17.0. The maximum absolute atomic E-state index is 13.1. The summed E-state index contributed by atoms with van der Waals surface area (Å²) in [6.07, 6.45) is 5.26. The van der Waals surface area contributed by atoms with Crippen molar-refractivity contribution in [1.29, 1.82) is 0 Å². The van der Waals surface area contributed by atoms with Gasteiger partial charge in [0.2, 0.25) is 0 Å². The van der Waals surface area contributed by atoms with Gasteiger partial charge in [0.25, 0.3) is 5.56 Å². The van der Waals surface area contributed by atoms with Crippen molar-refractivity contribution < 1.29 is 5.11 Å². The number of aromatic nitrogens is 3. The molecule has 0 aliphatic carbocycles. The molecule has 4 rings (SSSR count). The van der Waals surface area contributed by atoms with Crippen LogP contribution in [0.2, 0.25) is 0 Å². The van der Waals surface area contributed by atoms with Crippen molar-refractivity contribution in [2.24, 2.45) is 0 Å². The van der Waals surface area contributed by atoms with Crippen LogP contribution < -0.4 is 5.56 Å². The van der Waals surface area contributed by atoms with Crippen LogP contribution in [-0.2, 0) is 13.2 Å². The number of rotatable bonds is 5. The highest BCUT2D eigenvalue weighted by atomic mass is 16.3. The Morgan fingerprint density at radius 2 is 1.78 bits per heavy atom. The van der Waals surface area contributed by atoms with Gasteiger partial charge in [0.05, 0.1) is 18.8 Å². The number of aliphatic hydroxyl groups excluding tert-OH is 1. The van der Waals surface area contributed by atoms with Crippen LogP contribution >= 0.6 is 0 Å². The van der Waals surface area contributed by atoms with Gasteiger partial charge in [-0.25, -0.2) is 4.52 Å². The lowest BCUT2D eigenvalue weighted by Gasteiger charge is -2.07. The highest BCUT2D eigenvalue weighted by Gasteiger charge is 2.17. The summed E-state index contributed by atoms with van der Waals surface area (Å²) >= 11 is 0. The molecule has 0 unspecified atom stereocenters. The summed E-state index contributed by atoms with van der Waals surface area (Å²) in [6.45, 7) is 3.95. The molecular weight excluding hydrogens is 338 g/mol. The average Bonchev–Trinajstić information content (AvgIpc) is 3.11. The first-order valence-electron chi connectivity index (χ1n) is 8.69. The Morgan fingerprint density at radius 1 is 1.04 bits per heavy atom. The van der Waals surface area contributed by atoms with Gasteiger partial charge in [0.1, 0.15) is 5.52 Å². The SMILES string of the molecule is C=Cc1ccc(Cn2ccn3nc(-c4ccccc4)c(CO)c3c2=O)cc1. The molecule has 134 valence electrons. The zero-order chi connectivity index (χ0) is 18.8. The van der Waals surface area contributed by atoms with Crippen LogP contribution in [0, 0.1) is 0 Å². The lowest BCUT2D eigenvalue weighted by Crippen LogP contribution is -2.22. The summed E-state index contributed by atoms with van der Waals surface area (Å²) < 4.78 is 3.18. The number of aliphatic hydroxyl groups is 1. The standard InChI is InChI=1S/C22H19N3O2/c1-2-16-8-10-17(11-9-16)14-24-12-13-25-21(22(24)27)19(15-26)20(23-25)18-6-4-3-5-7-18/h2-13,26H,1,14-15H2. The summed E-state index contributed by atoms with van der Waals surface area (Å²) in [5.74, 6) is 0. The number of nitrogens with zero attached hydrogens (tertiary/aromatic N) is 3. The van der Waals surface area contributed by atoms with E-state index in [1.54, 1.807) is 27.6 Å². The normalized spacial score (nSPS) is 11.0. The summed E-state index contributed by atoms with van der Waals surface area (Å²) in [4.78, 5) is 13.1. The molecule has 27 heavy (non-hydrogen) atoms. The third-order valence-electron chi connectivity index (χ3n) is 4.63. The van der Waals surface area contributed by atoms with E-state index in [1.165, 1.54) is 0 Å². The average molecular weight is 357 g/mol. The number of fused-ring (bicyclic) bond motifs is 1. The monoisotopic (exact) mass is 357 g/mol. The largest absolute Gasteiger partial charge is 0.392 e. The zero-order valence-electron chi connectivity index (χ0n) is 14.7. The Hall–Kier alpha value is -3.44. The van der Waals surface area contributed by atoms with Crippen LogP contribution in [0.1, 0.15) is 16.7 Å². The molecule has 0 atom stereocenters. The molecule has 5 nitrogen and oxygen atoms in total. The van der Waals surface area contributed by atoms with E-state index in [2.05, 4.69) is 11.7 Å². The van der Waals surface area contributed by atoms with E-state index in [0.29, 0.717) is 23.3 Å². The number of benzene rings is 2. The van der Waals surface area contributed by atoms with Crippen molar-refractivity contribution in [1.82, 2.24) is 14.2 Å². The molecule has 0 radical (unpaired) electrons. The van der Waals surface area contributed by atoms with Crippen LogP contribution in [0.5, 0.6) is 0 Å². The zero-order valence-corrected chi connectivity index (χ0v) is 14.7. The third kappa shape index (κ3) is 3.09. The Balaban J connectivity index is 1.81. The Kier molecular flexibility index (Phi) is 4.44. The van der Waals surface area contributed by atoms with Crippen molar-refractivity contribution in [3.8, 4) is 11.3 Å². The second-order valence-corrected chi connectivity index (χ2v) is 6.32. The van der Waals surface area contributed by atoms with Crippen molar-refractivity contribution in [2.75, 3.05) is 0 Å². The molecule has 0 bridgehead atoms. The Bertz CT molecular complexity index is 1160.